The maximum absolute atomic E-state index is 11.6. The van der Waals surface area contributed by atoms with E-state index in [1.165, 1.54) is 6.08 Å². The lowest BCUT2D eigenvalue weighted by Crippen LogP contribution is -2.25. The van der Waals surface area contributed by atoms with E-state index < -0.39 is 18.9 Å². The lowest BCUT2D eigenvalue weighted by atomic mass is 10.2. The fourth-order valence-corrected chi connectivity index (χ4v) is 0.797. The molecule has 0 rings (SSSR count). The molecule has 5 heteroatoms. The Bertz CT molecular complexity index is 193. The summed E-state index contributed by atoms with van der Waals surface area (Å²) in [7, 11) is 0. The lowest BCUT2D eigenvalue weighted by molar-refractivity contribution is -0.132. The molecular formula is C8H13F2NO2. The van der Waals surface area contributed by atoms with E-state index >= 15 is 0 Å². The predicted molar refractivity (Wildman–Crippen MR) is 44.9 cm³/mol. The SMILES string of the molecule is CCC=C(CNCC(F)F)C(=O)O. The first-order chi connectivity index (χ1) is 6.07. The second-order valence-corrected chi connectivity index (χ2v) is 2.46. The smallest absolute Gasteiger partial charge is 0.332 e. The van der Waals surface area contributed by atoms with Crippen LogP contribution >= 0.6 is 0 Å². The Morgan fingerprint density at radius 2 is 2.23 bits per heavy atom. The van der Waals surface area contributed by atoms with Crippen molar-refractivity contribution < 1.29 is 18.7 Å². The Morgan fingerprint density at radius 1 is 1.62 bits per heavy atom. The van der Waals surface area contributed by atoms with E-state index in [1.54, 1.807) is 6.92 Å². The monoisotopic (exact) mass is 193 g/mol. The molecule has 0 bridgehead atoms. The number of carbonyl (C=O) groups is 1. The molecule has 0 saturated heterocycles. The van der Waals surface area contributed by atoms with Crippen LogP contribution in [0.1, 0.15) is 13.3 Å². The highest BCUT2D eigenvalue weighted by atomic mass is 19.3. The number of hydrogen-bond acceptors (Lipinski definition) is 2. The molecule has 13 heavy (non-hydrogen) atoms. The molecule has 0 unspecified atom stereocenters. The largest absolute Gasteiger partial charge is 0.478 e. The first kappa shape index (κ1) is 12.0. The zero-order chi connectivity index (χ0) is 10.3. The zero-order valence-electron chi connectivity index (χ0n) is 7.39. The van der Waals surface area contributed by atoms with Crippen molar-refractivity contribution in [3.8, 4) is 0 Å². The Kier molecular flexibility index (Phi) is 6.05. The summed E-state index contributed by atoms with van der Waals surface area (Å²) in [4.78, 5) is 10.5. The minimum atomic E-state index is -2.45. The number of aliphatic carboxylic acids is 1. The zero-order valence-corrected chi connectivity index (χ0v) is 7.39. The third-order valence-corrected chi connectivity index (χ3v) is 1.34. The van der Waals surface area contributed by atoms with Crippen LogP contribution in [0, 0.1) is 0 Å². The number of halogens is 2. The topological polar surface area (TPSA) is 49.3 Å². The third kappa shape index (κ3) is 6.21. The minimum Gasteiger partial charge on any atom is -0.478 e. The van der Waals surface area contributed by atoms with E-state index in [9.17, 15) is 13.6 Å². The quantitative estimate of drug-likeness (QED) is 0.624. The average molecular weight is 193 g/mol. The molecule has 2 N–H and O–H groups in total. The standard InChI is InChI=1S/C8H13F2NO2/c1-2-3-6(8(12)13)4-11-5-7(9)10/h3,7,11H,2,4-5H2,1H3,(H,12,13). The molecule has 0 spiro atoms. The summed E-state index contributed by atoms with van der Waals surface area (Å²) < 4.78 is 23.3. The number of carboxylic acid groups (broad SMARTS) is 1. The summed E-state index contributed by atoms with van der Waals surface area (Å²) in [6.45, 7) is 1.29. The van der Waals surface area contributed by atoms with E-state index in [0.717, 1.165) is 0 Å². The molecule has 3 nitrogen and oxygen atoms in total. The van der Waals surface area contributed by atoms with Crippen molar-refractivity contribution in [2.75, 3.05) is 13.1 Å². The highest BCUT2D eigenvalue weighted by molar-refractivity contribution is 5.86. The molecule has 0 aromatic rings. The van der Waals surface area contributed by atoms with Crippen molar-refractivity contribution in [3.63, 3.8) is 0 Å². The highest BCUT2D eigenvalue weighted by Crippen LogP contribution is 1.96. The van der Waals surface area contributed by atoms with Crippen molar-refractivity contribution in [2.24, 2.45) is 0 Å². The number of rotatable bonds is 6. The van der Waals surface area contributed by atoms with Crippen LogP contribution in [0.25, 0.3) is 0 Å². The first-order valence-corrected chi connectivity index (χ1v) is 3.99. The molecule has 0 saturated carbocycles. The van der Waals surface area contributed by atoms with Crippen LogP contribution in [-0.4, -0.2) is 30.6 Å². The van der Waals surface area contributed by atoms with Crippen molar-refractivity contribution in [2.45, 2.75) is 19.8 Å². The van der Waals surface area contributed by atoms with Gasteiger partial charge in [-0.15, -0.1) is 0 Å². The van der Waals surface area contributed by atoms with E-state index in [0.29, 0.717) is 6.42 Å². The number of nitrogens with one attached hydrogen (secondary N) is 1. The first-order valence-electron chi connectivity index (χ1n) is 3.99. The van der Waals surface area contributed by atoms with Gasteiger partial charge in [0.1, 0.15) is 0 Å². The van der Waals surface area contributed by atoms with Crippen LogP contribution in [0.4, 0.5) is 8.78 Å². The van der Waals surface area contributed by atoms with Crippen molar-refractivity contribution >= 4 is 5.97 Å². The van der Waals surface area contributed by atoms with Gasteiger partial charge in [-0.25, -0.2) is 13.6 Å². The summed E-state index contributed by atoms with van der Waals surface area (Å²) in [5.41, 5.74) is 0.128. The van der Waals surface area contributed by atoms with Gasteiger partial charge >= 0.3 is 5.97 Å². The van der Waals surface area contributed by atoms with Gasteiger partial charge < -0.3 is 10.4 Å². The van der Waals surface area contributed by atoms with Crippen molar-refractivity contribution in [1.82, 2.24) is 5.32 Å². The van der Waals surface area contributed by atoms with Crippen LogP contribution in [0.2, 0.25) is 0 Å². The highest BCUT2D eigenvalue weighted by Gasteiger charge is 2.07. The van der Waals surface area contributed by atoms with Crippen LogP contribution in [0.5, 0.6) is 0 Å². The number of hydrogen-bond donors (Lipinski definition) is 2. The molecule has 0 aromatic heterocycles. The number of alkyl halides is 2. The van der Waals surface area contributed by atoms with Gasteiger partial charge in [-0.3, -0.25) is 0 Å². The van der Waals surface area contributed by atoms with Crippen LogP contribution < -0.4 is 5.32 Å². The predicted octanol–water partition coefficient (Wildman–Crippen LogP) is 1.26. The molecule has 0 aliphatic carbocycles. The molecule has 0 amide bonds. The molecule has 0 atom stereocenters. The van der Waals surface area contributed by atoms with Gasteiger partial charge in [-0.2, -0.15) is 0 Å². The van der Waals surface area contributed by atoms with Gasteiger partial charge in [0, 0.05) is 12.1 Å². The van der Waals surface area contributed by atoms with E-state index in [-0.39, 0.29) is 12.1 Å². The fourth-order valence-electron chi connectivity index (χ4n) is 0.797. The number of allylic oxidation sites excluding steroid dienone is 1. The maximum Gasteiger partial charge on any atom is 0.332 e. The molecule has 0 aromatic carbocycles. The molecule has 0 fully saturated rings. The summed E-state index contributed by atoms with van der Waals surface area (Å²) in [5.74, 6) is -1.07. The molecule has 0 aliphatic heterocycles. The van der Waals surface area contributed by atoms with Crippen molar-refractivity contribution in [1.29, 1.82) is 0 Å². The fraction of sp³-hybridized carbons (Fsp3) is 0.625. The van der Waals surface area contributed by atoms with E-state index in [4.69, 9.17) is 5.11 Å². The van der Waals surface area contributed by atoms with E-state index in [1.807, 2.05) is 0 Å². The van der Waals surface area contributed by atoms with Gasteiger partial charge in [0.05, 0.1) is 6.54 Å². The van der Waals surface area contributed by atoms with Gasteiger partial charge in [-0.1, -0.05) is 13.0 Å². The Balaban J connectivity index is 3.84. The van der Waals surface area contributed by atoms with Gasteiger partial charge in [0.25, 0.3) is 6.43 Å². The molecule has 0 heterocycles. The lowest BCUT2D eigenvalue weighted by Gasteiger charge is -2.04. The number of carboxylic acids is 1. The summed E-state index contributed by atoms with van der Waals surface area (Å²) in [6.07, 6.45) is -0.365. The van der Waals surface area contributed by atoms with Crippen LogP contribution in [0.3, 0.4) is 0 Å². The molecular weight excluding hydrogens is 180 g/mol. The summed E-state index contributed by atoms with van der Waals surface area (Å²) in [5, 5.41) is 10.9. The minimum absolute atomic E-state index is 0.0203. The second kappa shape index (κ2) is 6.54. The van der Waals surface area contributed by atoms with Crippen LogP contribution in [-0.2, 0) is 4.79 Å². The average Bonchev–Trinajstić information content (AvgIpc) is 2.02. The molecule has 0 aliphatic rings. The Labute approximate surface area is 75.4 Å². The van der Waals surface area contributed by atoms with Crippen molar-refractivity contribution in [3.05, 3.63) is 11.6 Å². The van der Waals surface area contributed by atoms with Gasteiger partial charge in [-0.05, 0) is 6.42 Å². The van der Waals surface area contributed by atoms with Crippen LogP contribution in [0.15, 0.2) is 11.6 Å². The Hall–Kier alpha value is -0.970. The summed E-state index contributed by atoms with van der Waals surface area (Å²) in [6, 6.07) is 0. The van der Waals surface area contributed by atoms with Gasteiger partial charge in [0.15, 0.2) is 0 Å². The summed E-state index contributed by atoms with van der Waals surface area (Å²) >= 11 is 0. The molecule has 0 radical (unpaired) electrons. The Morgan fingerprint density at radius 3 is 2.62 bits per heavy atom. The third-order valence-electron chi connectivity index (χ3n) is 1.34. The molecule has 76 valence electrons. The maximum atomic E-state index is 11.6. The normalized spacial score (nSPS) is 12.2. The second-order valence-electron chi connectivity index (χ2n) is 2.46. The van der Waals surface area contributed by atoms with E-state index in [2.05, 4.69) is 5.32 Å². The van der Waals surface area contributed by atoms with Gasteiger partial charge in [0.2, 0.25) is 0 Å².